The first-order chi connectivity index (χ1) is 9.61. The van der Waals surface area contributed by atoms with Crippen molar-refractivity contribution < 1.29 is 9.53 Å². The maximum Gasteiger partial charge on any atom is 0.238 e. The number of hydrogen-bond acceptors (Lipinski definition) is 4. The Labute approximate surface area is 120 Å². The van der Waals surface area contributed by atoms with Gasteiger partial charge in [-0.05, 0) is 44.8 Å². The van der Waals surface area contributed by atoms with E-state index in [4.69, 9.17) is 4.74 Å². The van der Waals surface area contributed by atoms with Crippen molar-refractivity contribution in [3.05, 3.63) is 29.8 Å². The second kappa shape index (κ2) is 6.72. The second-order valence-corrected chi connectivity index (χ2v) is 5.30. The molecule has 0 aromatic heterocycles. The van der Waals surface area contributed by atoms with Gasteiger partial charge >= 0.3 is 0 Å². The van der Waals surface area contributed by atoms with Crippen LogP contribution in [0.1, 0.15) is 18.2 Å². The quantitative estimate of drug-likeness (QED) is 0.845. The monoisotopic (exact) mass is 277 g/mol. The largest absolute Gasteiger partial charge is 0.497 e. The summed E-state index contributed by atoms with van der Waals surface area (Å²) in [4.78, 5) is 16.0. The third kappa shape index (κ3) is 3.49. The van der Waals surface area contributed by atoms with E-state index in [0.717, 1.165) is 30.8 Å². The molecular weight excluding hydrogens is 254 g/mol. The number of benzene rings is 1. The topological polar surface area (TPSA) is 44.8 Å². The van der Waals surface area contributed by atoms with Crippen molar-refractivity contribution in [1.29, 1.82) is 0 Å². The minimum atomic E-state index is -0.0180. The molecule has 0 aliphatic carbocycles. The average molecular weight is 277 g/mol. The molecule has 1 aromatic carbocycles. The summed E-state index contributed by atoms with van der Waals surface area (Å²) in [6.07, 6.45) is 0.961. The zero-order valence-corrected chi connectivity index (χ0v) is 12.4. The fourth-order valence-corrected chi connectivity index (χ4v) is 2.43. The Morgan fingerprint density at radius 1 is 1.35 bits per heavy atom. The highest BCUT2D eigenvalue weighted by Gasteiger charge is 2.30. The fraction of sp³-hybridized carbons (Fsp3) is 0.533. The molecule has 1 aliphatic heterocycles. The number of rotatable bonds is 6. The van der Waals surface area contributed by atoms with Crippen LogP contribution in [0.2, 0.25) is 0 Å². The number of ether oxygens (including phenoxy) is 1. The molecule has 1 amide bonds. The van der Waals surface area contributed by atoms with Crippen LogP contribution in [0.25, 0.3) is 0 Å². The second-order valence-electron chi connectivity index (χ2n) is 5.30. The van der Waals surface area contributed by atoms with E-state index in [9.17, 15) is 4.79 Å². The molecule has 0 saturated carbocycles. The van der Waals surface area contributed by atoms with Crippen LogP contribution in [0.15, 0.2) is 24.3 Å². The van der Waals surface area contributed by atoms with Gasteiger partial charge in [-0.3, -0.25) is 10.1 Å². The lowest BCUT2D eigenvalue weighted by Gasteiger charge is -2.25. The molecular formula is C15H23N3O2. The van der Waals surface area contributed by atoms with Crippen molar-refractivity contribution in [3.63, 3.8) is 0 Å². The molecule has 2 rings (SSSR count). The predicted molar refractivity (Wildman–Crippen MR) is 78.6 cm³/mol. The van der Waals surface area contributed by atoms with Gasteiger partial charge in [-0.25, -0.2) is 0 Å². The lowest BCUT2D eigenvalue weighted by molar-refractivity contribution is -0.128. The van der Waals surface area contributed by atoms with Crippen molar-refractivity contribution in [2.75, 3.05) is 40.8 Å². The van der Waals surface area contributed by atoms with Gasteiger partial charge in [-0.15, -0.1) is 0 Å². The van der Waals surface area contributed by atoms with Crippen LogP contribution < -0.4 is 10.1 Å². The van der Waals surface area contributed by atoms with Crippen LogP contribution in [0.4, 0.5) is 0 Å². The number of carbonyl (C=O) groups excluding carboxylic acids is 1. The Hall–Kier alpha value is -1.59. The standard InChI is InChI=1S/C15H23N3O2/c1-17(2)9-4-10-18-14(19)11-16-15(18)12-5-7-13(20-3)8-6-12/h5-8,15-16H,4,9-11H2,1-3H3. The molecule has 5 nitrogen and oxygen atoms in total. The molecule has 5 heteroatoms. The lowest BCUT2D eigenvalue weighted by Crippen LogP contribution is -2.32. The minimum absolute atomic E-state index is 0.0180. The highest BCUT2D eigenvalue weighted by atomic mass is 16.5. The number of nitrogens with one attached hydrogen (secondary N) is 1. The lowest BCUT2D eigenvalue weighted by atomic mass is 10.1. The van der Waals surface area contributed by atoms with Crippen molar-refractivity contribution in [1.82, 2.24) is 15.1 Å². The molecule has 0 spiro atoms. The van der Waals surface area contributed by atoms with Gasteiger partial charge in [0.1, 0.15) is 11.9 Å². The van der Waals surface area contributed by atoms with Crippen molar-refractivity contribution in [2.24, 2.45) is 0 Å². The zero-order chi connectivity index (χ0) is 14.5. The molecule has 110 valence electrons. The summed E-state index contributed by atoms with van der Waals surface area (Å²) >= 11 is 0. The molecule has 1 saturated heterocycles. The normalized spacial score (nSPS) is 18.9. The van der Waals surface area contributed by atoms with Crippen LogP contribution in [-0.4, -0.2) is 56.5 Å². The van der Waals surface area contributed by atoms with E-state index >= 15 is 0 Å². The number of amides is 1. The highest BCUT2D eigenvalue weighted by molar-refractivity contribution is 5.80. The van der Waals surface area contributed by atoms with Gasteiger partial charge in [-0.1, -0.05) is 12.1 Å². The Bertz CT molecular complexity index is 445. The van der Waals surface area contributed by atoms with Gasteiger partial charge in [0.2, 0.25) is 5.91 Å². The molecule has 0 bridgehead atoms. The number of nitrogens with zero attached hydrogens (tertiary/aromatic N) is 2. The van der Waals surface area contributed by atoms with Gasteiger partial charge < -0.3 is 14.5 Å². The van der Waals surface area contributed by atoms with Gasteiger partial charge in [0.15, 0.2) is 0 Å². The van der Waals surface area contributed by atoms with E-state index in [0.29, 0.717) is 6.54 Å². The molecule has 1 heterocycles. The van der Waals surface area contributed by atoms with E-state index in [1.54, 1.807) is 7.11 Å². The van der Waals surface area contributed by atoms with Crippen molar-refractivity contribution in [2.45, 2.75) is 12.6 Å². The molecule has 1 N–H and O–H groups in total. The summed E-state index contributed by atoms with van der Waals surface area (Å²) in [5.41, 5.74) is 1.10. The van der Waals surface area contributed by atoms with E-state index < -0.39 is 0 Å². The zero-order valence-electron chi connectivity index (χ0n) is 12.4. The van der Waals surface area contributed by atoms with Crippen LogP contribution in [0.3, 0.4) is 0 Å². The first kappa shape index (κ1) is 14.8. The van der Waals surface area contributed by atoms with Crippen LogP contribution in [-0.2, 0) is 4.79 Å². The number of hydrogen-bond donors (Lipinski definition) is 1. The molecule has 1 fully saturated rings. The highest BCUT2D eigenvalue weighted by Crippen LogP contribution is 2.24. The first-order valence-corrected chi connectivity index (χ1v) is 6.93. The van der Waals surface area contributed by atoms with Gasteiger partial charge in [0, 0.05) is 6.54 Å². The molecule has 0 radical (unpaired) electrons. The Balaban J connectivity index is 2.02. The average Bonchev–Trinajstić information content (AvgIpc) is 2.80. The van der Waals surface area contributed by atoms with E-state index in [1.807, 2.05) is 43.3 Å². The van der Waals surface area contributed by atoms with Gasteiger partial charge in [0.25, 0.3) is 0 Å². The van der Waals surface area contributed by atoms with E-state index in [-0.39, 0.29) is 12.1 Å². The van der Waals surface area contributed by atoms with E-state index in [2.05, 4.69) is 10.2 Å². The third-order valence-electron chi connectivity index (χ3n) is 3.51. The molecule has 1 aromatic rings. The molecule has 1 unspecified atom stereocenters. The van der Waals surface area contributed by atoms with E-state index in [1.165, 1.54) is 0 Å². The first-order valence-electron chi connectivity index (χ1n) is 6.93. The van der Waals surface area contributed by atoms with Crippen LogP contribution >= 0.6 is 0 Å². The number of carbonyl (C=O) groups is 1. The van der Waals surface area contributed by atoms with Crippen LogP contribution in [0, 0.1) is 0 Å². The van der Waals surface area contributed by atoms with Crippen LogP contribution in [0.5, 0.6) is 5.75 Å². The fourth-order valence-electron chi connectivity index (χ4n) is 2.43. The molecule has 1 aliphatic rings. The summed E-state index contributed by atoms with van der Waals surface area (Å²) in [6.45, 7) is 2.18. The maximum absolute atomic E-state index is 12.0. The Morgan fingerprint density at radius 2 is 2.05 bits per heavy atom. The SMILES string of the molecule is COc1ccc(C2NCC(=O)N2CCCN(C)C)cc1. The summed E-state index contributed by atoms with van der Waals surface area (Å²) in [7, 11) is 5.75. The Kier molecular flexibility index (Phi) is 4.98. The third-order valence-corrected chi connectivity index (χ3v) is 3.51. The van der Waals surface area contributed by atoms with Crippen molar-refractivity contribution >= 4 is 5.91 Å². The summed E-state index contributed by atoms with van der Waals surface area (Å²) in [6, 6.07) is 7.87. The van der Waals surface area contributed by atoms with Gasteiger partial charge in [-0.2, -0.15) is 0 Å². The summed E-state index contributed by atoms with van der Waals surface area (Å²) in [5.74, 6) is 1.00. The maximum atomic E-state index is 12.0. The predicted octanol–water partition coefficient (Wildman–Crippen LogP) is 1.08. The molecule has 1 atom stereocenters. The summed E-state index contributed by atoms with van der Waals surface area (Å²) < 4.78 is 5.16. The Morgan fingerprint density at radius 3 is 2.65 bits per heavy atom. The van der Waals surface area contributed by atoms with Crippen molar-refractivity contribution in [3.8, 4) is 5.75 Å². The smallest absolute Gasteiger partial charge is 0.238 e. The number of methoxy groups -OCH3 is 1. The summed E-state index contributed by atoms with van der Waals surface area (Å²) in [5, 5.41) is 3.27. The minimum Gasteiger partial charge on any atom is -0.497 e. The molecule has 20 heavy (non-hydrogen) atoms. The van der Waals surface area contributed by atoms with Gasteiger partial charge in [0.05, 0.1) is 13.7 Å².